The van der Waals surface area contributed by atoms with Gasteiger partial charge in [-0.2, -0.15) is 0 Å². The number of aromatic nitrogens is 1. The van der Waals surface area contributed by atoms with Gasteiger partial charge in [0.25, 0.3) is 0 Å². The molecule has 0 radical (unpaired) electrons. The minimum Gasteiger partial charge on any atom is -0.372 e. The number of rotatable bonds is 2. The minimum absolute atomic E-state index is 0.0188. The van der Waals surface area contributed by atoms with Crippen molar-refractivity contribution in [2.45, 2.75) is 18.6 Å². The Hall–Kier alpha value is -1.78. The van der Waals surface area contributed by atoms with Crippen LogP contribution >= 0.6 is 0 Å². The highest BCUT2D eigenvalue weighted by Gasteiger charge is 2.26. The fourth-order valence-corrected chi connectivity index (χ4v) is 2.36. The molecule has 19 heavy (non-hydrogen) atoms. The highest BCUT2D eigenvalue weighted by Crippen LogP contribution is 2.30. The summed E-state index contributed by atoms with van der Waals surface area (Å²) in [6.07, 6.45) is 4.32. The molecule has 0 saturated carbocycles. The van der Waals surface area contributed by atoms with Gasteiger partial charge in [0.1, 0.15) is 5.82 Å². The van der Waals surface area contributed by atoms with Crippen LogP contribution in [0.4, 0.5) is 4.39 Å². The second-order valence-corrected chi connectivity index (χ2v) is 4.76. The number of halogens is 1. The summed E-state index contributed by atoms with van der Waals surface area (Å²) in [6, 6.07) is 8.40. The van der Waals surface area contributed by atoms with Crippen LogP contribution in [0.1, 0.15) is 18.1 Å². The first-order valence-corrected chi connectivity index (χ1v) is 6.32. The normalized spacial score (nSPS) is 22.6. The number of nitrogens with zero attached hydrogens (tertiary/aromatic N) is 1. The van der Waals surface area contributed by atoms with Crippen LogP contribution in [0.25, 0.3) is 11.1 Å². The van der Waals surface area contributed by atoms with E-state index in [0.29, 0.717) is 6.61 Å². The maximum Gasteiger partial charge on any atom is 0.123 e. The first-order valence-electron chi connectivity index (χ1n) is 6.32. The number of hydrogen-bond donors (Lipinski definition) is 1. The van der Waals surface area contributed by atoms with Gasteiger partial charge >= 0.3 is 0 Å². The van der Waals surface area contributed by atoms with Gasteiger partial charge in [-0.1, -0.05) is 12.1 Å². The Kier molecular flexibility index (Phi) is 3.27. The van der Waals surface area contributed by atoms with E-state index in [0.717, 1.165) is 23.1 Å². The van der Waals surface area contributed by atoms with E-state index in [9.17, 15) is 4.39 Å². The predicted octanol–water partition coefficient (Wildman–Crippen LogP) is 2.68. The lowest BCUT2D eigenvalue weighted by Gasteiger charge is -2.15. The summed E-state index contributed by atoms with van der Waals surface area (Å²) in [7, 11) is 0. The van der Waals surface area contributed by atoms with Gasteiger partial charge in [0.15, 0.2) is 0 Å². The van der Waals surface area contributed by atoms with Crippen molar-refractivity contribution >= 4 is 0 Å². The molecule has 0 spiro atoms. The lowest BCUT2D eigenvalue weighted by atomic mass is 10.0. The molecule has 2 heterocycles. The van der Waals surface area contributed by atoms with E-state index in [1.807, 2.05) is 6.07 Å². The van der Waals surface area contributed by atoms with Crippen LogP contribution in [0.3, 0.4) is 0 Å². The fourth-order valence-electron chi connectivity index (χ4n) is 2.36. The molecule has 3 nitrogen and oxygen atoms in total. The summed E-state index contributed by atoms with van der Waals surface area (Å²) in [5.74, 6) is -0.242. The Morgan fingerprint density at radius 1 is 1.16 bits per heavy atom. The Bertz CT molecular complexity index is 571. The minimum atomic E-state index is -0.242. The second-order valence-electron chi connectivity index (χ2n) is 4.76. The molecule has 2 unspecified atom stereocenters. The topological polar surface area (TPSA) is 48.1 Å². The van der Waals surface area contributed by atoms with Crippen molar-refractivity contribution in [2.75, 3.05) is 6.61 Å². The van der Waals surface area contributed by atoms with E-state index >= 15 is 0 Å². The monoisotopic (exact) mass is 258 g/mol. The maximum absolute atomic E-state index is 12.9. The van der Waals surface area contributed by atoms with Gasteiger partial charge in [-0.25, -0.2) is 4.39 Å². The van der Waals surface area contributed by atoms with Gasteiger partial charge in [-0.15, -0.1) is 0 Å². The molecular formula is C15H15FN2O. The lowest BCUT2D eigenvalue weighted by Crippen LogP contribution is -2.23. The molecule has 0 bridgehead atoms. The van der Waals surface area contributed by atoms with E-state index in [2.05, 4.69) is 4.98 Å². The second kappa shape index (κ2) is 5.07. The van der Waals surface area contributed by atoms with Crippen LogP contribution in [0.15, 0.2) is 42.7 Å². The summed E-state index contributed by atoms with van der Waals surface area (Å²) in [5, 5.41) is 0. The van der Waals surface area contributed by atoms with Gasteiger partial charge in [-0.05, 0) is 30.2 Å². The molecule has 3 rings (SSSR count). The van der Waals surface area contributed by atoms with Crippen LogP contribution in [-0.2, 0) is 4.74 Å². The first-order chi connectivity index (χ1) is 9.24. The third kappa shape index (κ3) is 2.50. The lowest BCUT2D eigenvalue weighted by molar-refractivity contribution is 0.105. The third-order valence-corrected chi connectivity index (χ3v) is 3.40. The summed E-state index contributed by atoms with van der Waals surface area (Å²) < 4.78 is 18.6. The molecular weight excluding hydrogens is 243 g/mol. The number of hydrogen-bond acceptors (Lipinski definition) is 3. The summed E-state index contributed by atoms with van der Waals surface area (Å²) >= 11 is 0. The zero-order chi connectivity index (χ0) is 13.2. The average molecular weight is 258 g/mol. The van der Waals surface area contributed by atoms with Crippen LogP contribution in [0, 0.1) is 5.82 Å². The van der Waals surface area contributed by atoms with Gasteiger partial charge < -0.3 is 10.5 Å². The van der Waals surface area contributed by atoms with E-state index in [1.165, 1.54) is 12.1 Å². The van der Waals surface area contributed by atoms with Crippen molar-refractivity contribution in [3.05, 3.63) is 54.1 Å². The molecule has 98 valence electrons. The van der Waals surface area contributed by atoms with Crippen LogP contribution in [0.2, 0.25) is 0 Å². The molecule has 1 aliphatic heterocycles. The van der Waals surface area contributed by atoms with Gasteiger partial charge in [0, 0.05) is 36.2 Å². The quantitative estimate of drug-likeness (QED) is 0.901. The van der Waals surface area contributed by atoms with E-state index < -0.39 is 0 Å². The molecule has 1 fully saturated rings. The van der Waals surface area contributed by atoms with Crippen molar-refractivity contribution in [1.82, 2.24) is 4.98 Å². The Morgan fingerprint density at radius 2 is 1.95 bits per heavy atom. The van der Waals surface area contributed by atoms with E-state index in [1.54, 1.807) is 24.5 Å². The zero-order valence-corrected chi connectivity index (χ0v) is 10.4. The van der Waals surface area contributed by atoms with Crippen LogP contribution in [-0.4, -0.2) is 17.6 Å². The molecule has 1 aromatic carbocycles. The summed E-state index contributed by atoms with van der Waals surface area (Å²) in [5.41, 5.74) is 8.87. The zero-order valence-electron chi connectivity index (χ0n) is 10.4. The molecule has 2 aromatic rings. The molecule has 1 saturated heterocycles. The van der Waals surface area contributed by atoms with Crippen LogP contribution < -0.4 is 5.73 Å². The number of ether oxygens (including phenoxy) is 1. The standard InChI is InChI=1S/C15H15FN2O/c16-13-3-1-10(2-4-13)11-7-12(9-18-8-11)15-14(17)5-6-19-15/h1-4,7-9,14-15H,5-6,17H2. The summed E-state index contributed by atoms with van der Waals surface area (Å²) in [4.78, 5) is 4.23. The van der Waals surface area contributed by atoms with Gasteiger partial charge in [0.05, 0.1) is 6.10 Å². The van der Waals surface area contributed by atoms with E-state index in [4.69, 9.17) is 10.5 Å². The number of nitrogens with two attached hydrogens (primary N) is 1. The molecule has 1 aromatic heterocycles. The van der Waals surface area contributed by atoms with Crippen molar-refractivity contribution in [1.29, 1.82) is 0 Å². The van der Waals surface area contributed by atoms with Crippen LogP contribution in [0.5, 0.6) is 0 Å². The fraction of sp³-hybridized carbons (Fsp3) is 0.267. The smallest absolute Gasteiger partial charge is 0.123 e. The van der Waals surface area contributed by atoms with Gasteiger partial charge in [0.2, 0.25) is 0 Å². The number of pyridine rings is 1. The Morgan fingerprint density at radius 3 is 2.63 bits per heavy atom. The molecule has 2 N–H and O–H groups in total. The van der Waals surface area contributed by atoms with Gasteiger partial charge in [-0.3, -0.25) is 4.98 Å². The van der Waals surface area contributed by atoms with Crippen molar-refractivity contribution in [3.8, 4) is 11.1 Å². The van der Waals surface area contributed by atoms with Crippen molar-refractivity contribution in [3.63, 3.8) is 0 Å². The number of benzene rings is 1. The third-order valence-electron chi connectivity index (χ3n) is 3.40. The Balaban J connectivity index is 1.93. The molecule has 1 aliphatic rings. The molecule has 4 heteroatoms. The molecule has 0 amide bonds. The highest BCUT2D eigenvalue weighted by atomic mass is 19.1. The molecule has 0 aliphatic carbocycles. The highest BCUT2D eigenvalue weighted by molar-refractivity contribution is 5.63. The van der Waals surface area contributed by atoms with Crippen molar-refractivity contribution in [2.24, 2.45) is 5.73 Å². The molecule has 2 atom stereocenters. The predicted molar refractivity (Wildman–Crippen MR) is 70.9 cm³/mol. The maximum atomic E-state index is 12.9. The SMILES string of the molecule is NC1CCOC1c1cncc(-c2ccc(F)cc2)c1. The summed E-state index contributed by atoms with van der Waals surface area (Å²) in [6.45, 7) is 0.687. The van der Waals surface area contributed by atoms with E-state index in [-0.39, 0.29) is 18.0 Å². The first kappa shape index (κ1) is 12.3. The van der Waals surface area contributed by atoms with Crippen molar-refractivity contribution < 1.29 is 9.13 Å². The average Bonchev–Trinajstić information content (AvgIpc) is 2.86. The largest absolute Gasteiger partial charge is 0.372 e. The Labute approximate surface area is 111 Å².